The van der Waals surface area contributed by atoms with Crippen molar-refractivity contribution in [2.45, 2.75) is 0 Å². The maximum absolute atomic E-state index is 11.0. The van der Waals surface area contributed by atoms with Gasteiger partial charge in [0.15, 0.2) is 0 Å². The van der Waals surface area contributed by atoms with E-state index in [4.69, 9.17) is 11.6 Å². The predicted octanol–water partition coefficient (Wildman–Crippen LogP) is 3.64. The molecule has 0 fully saturated rings. The fourth-order valence-corrected chi connectivity index (χ4v) is 1.78. The van der Waals surface area contributed by atoms with Gasteiger partial charge in [0.1, 0.15) is 0 Å². The van der Waals surface area contributed by atoms with E-state index in [0.717, 1.165) is 5.56 Å². The second kappa shape index (κ2) is 4.98. The van der Waals surface area contributed by atoms with Crippen LogP contribution in [0.3, 0.4) is 0 Å². The molecule has 2 rings (SSSR count). The molecule has 0 radical (unpaired) electrons. The standard InChI is InChI=1S/C13H8ClNO3/c14-13(16)10-6-7-11(12(8-10)15(17)18)9-4-2-1-3-5-9/h1-8H. The first kappa shape index (κ1) is 12.3. The number of nitro groups is 1. The average molecular weight is 262 g/mol. The molecule has 0 aliphatic heterocycles. The van der Waals surface area contributed by atoms with Crippen molar-refractivity contribution in [3.05, 3.63) is 64.2 Å². The van der Waals surface area contributed by atoms with E-state index in [2.05, 4.69) is 0 Å². The number of halogens is 1. The summed E-state index contributed by atoms with van der Waals surface area (Å²) in [5.41, 5.74) is 1.16. The fraction of sp³-hybridized carbons (Fsp3) is 0. The maximum Gasteiger partial charge on any atom is 0.277 e. The first-order chi connectivity index (χ1) is 8.59. The molecule has 0 aliphatic rings. The Morgan fingerprint density at radius 1 is 1.11 bits per heavy atom. The Kier molecular flexibility index (Phi) is 3.39. The minimum Gasteiger partial charge on any atom is -0.276 e. The van der Waals surface area contributed by atoms with Crippen molar-refractivity contribution in [1.29, 1.82) is 0 Å². The second-order valence-electron chi connectivity index (χ2n) is 3.63. The third-order valence-electron chi connectivity index (χ3n) is 2.51. The van der Waals surface area contributed by atoms with Gasteiger partial charge in [-0.05, 0) is 29.3 Å². The predicted molar refractivity (Wildman–Crippen MR) is 68.7 cm³/mol. The third kappa shape index (κ3) is 2.38. The molecule has 0 aliphatic carbocycles. The molecule has 0 saturated heterocycles. The van der Waals surface area contributed by atoms with Crippen molar-refractivity contribution in [2.24, 2.45) is 0 Å². The molecule has 0 aromatic heterocycles. The topological polar surface area (TPSA) is 60.2 Å². The number of benzene rings is 2. The zero-order valence-corrected chi connectivity index (χ0v) is 9.92. The monoisotopic (exact) mass is 261 g/mol. The van der Waals surface area contributed by atoms with Gasteiger partial charge in [-0.2, -0.15) is 0 Å². The summed E-state index contributed by atoms with van der Waals surface area (Å²) in [4.78, 5) is 21.5. The highest BCUT2D eigenvalue weighted by Crippen LogP contribution is 2.30. The third-order valence-corrected chi connectivity index (χ3v) is 2.72. The smallest absolute Gasteiger partial charge is 0.276 e. The van der Waals surface area contributed by atoms with Crippen LogP contribution in [0.25, 0.3) is 11.1 Å². The van der Waals surface area contributed by atoms with Crippen molar-refractivity contribution in [2.75, 3.05) is 0 Å². The summed E-state index contributed by atoms with van der Waals surface area (Å²) in [6.07, 6.45) is 0. The van der Waals surface area contributed by atoms with Crippen LogP contribution in [0.2, 0.25) is 0 Å². The molecule has 0 bridgehead atoms. The van der Waals surface area contributed by atoms with E-state index < -0.39 is 10.2 Å². The van der Waals surface area contributed by atoms with Crippen molar-refractivity contribution in [3.8, 4) is 11.1 Å². The van der Waals surface area contributed by atoms with Gasteiger partial charge in [-0.15, -0.1) is 0 Å². The summed E-state index contributed by atoms with van der Waals surface area (Å²) < 4.78 is 0. The zero-order chi connectivity index (χ0) is 13.1. The van der Waals surface area contributed by atoms with Gasteiger partial charge in [0.25, 0.3) is 10.9 Å². The van der Waals surface area contributed by atoms with E-state index in [1.165, 1.54) is 18.2 Å². The van der Waals surface area contributed by atoms with Crippen LogP contribution in [0.1, 0.15) is 10.4 Å². The van der Waals surface area contributed by atoms with Gasteiger partial charge >= 0.3 is 0 Å². The van der Waals surface area contributed by atoms with E-state index in [0.29, 0.717) is 5.56 Å². The Hall–Kier alpha value is -2.20. The molecule has 4 nitrogen and oxygen atoms in total. The number of rotatable bonds is 3. The highest BCUT2D eigenvalue weighted by Gasteiger charge is 2.17. The Bertz CT molecular complexity index is 611. The molecule has 90 valence electrons. The van der Waals surface area contributed by atoms with Crippen LogP contribution >= 0.6 is 11.6 Å². The molecule has 0 amide bonds. The van der Waals surface area contributed by atoms with Gasteiger partial charge in [-0.1, -0.05) is 30.3 Å². The lowest BCUT2D eigenvalue weighted by Crippen LogP contribution is -1.96. The van der Waals surface area contributed by atoms with Crippen molar-refractivity contribution in [1.82, 2.24) is 0 Å². The molecule has 0 N–H and O–H groups in total. The molecule has 0 unspecified atom stereocenters. The quantitative estimate of drug-likeness (QED) is 0.481. The van der Waals surface area contributed by atoms with E-state index in [1.807, 2.05) is 6.07 Å². The molecular weight excluding hydrogens is 254 g/mol. The summed E-state index contributed by atoms with van der Waals surface area (Å²) in [6, 6.07) is 13.1. The summed E-state index contributed by atoms with van der Waals surface area (Å²) in [5.74, 6) is 0. The van der Waals surface area contributed by atoms with Gasteiger partial charge in [0.05, 0.1) is 10.5 Å². The molecule has 18 heavy (non-hydrogen) atoms. The summed E-state index contributed by atoms with van der Waals surface area (Å²) in [6.45, 7) is 0. The largest absolute Gasteiger partial charge is 0.277 e. The second-order valence-corrected chi connectivity index (χ2v) is 3.97. The van der Waals surface area contributed by atoms with Crippen LogP contribution in [0, 0.1) is 10.1 Å². The minimum absolute atomic E-state index is 0.114. The lowest BCUT2D eigenvalue weighted by atomic mass is 10.0. The molecule has 0 saturated carbocycles. The first-order valence-corrected chi connectivity index (χ1v) is 5.51. The molecule has 0 atom stereocenters. The highest BCUT2D eigenvalue weighted by atomic mass is 35.5. The normalized spacial score (nSPS) is 10.1. The molecule has 5 heteroatoms. The minimum atomic E-state index is -0.710. The number of carbonyl (C=O) groups is 1. The van der Waals surface area contributed by atoms with E-state index >= 15 is 0 Å². The van der Waals surface area contributed by atoms with Crippen molar-refractivity contribution >= 4 is 22.5 Å². The van der Waals surface area contributed by atoms with Crippen LogP contribution in [0.4, 0.5) is 5.69 Å². The number of nitrogens with zero attached hydrogens (tertiary/aromatic N) is 1. The van der Waals surface area contributed by atoms with E-state index in [1.54, 1.807) is 24.3 Å². The Balaban J connectivity index is 2.61. The molecule has 2 aromatic carbocycles. The molecule has 0 spiro atoms. The van der Waals surface area contributed by atoms with Crippen LogP contribution in [-0.2, 0) is 0 Å². The fourth-order valence-electron chi connectivity index (χ4n) is 1.67. The summed E-state index contributed by atoms with van der Waals surface area (Å²) in [7, 11) is 0. The molecular formula is C13H8ClNO3. The number of hydrogen-bond donors (Lipinski definition) is 0. The first-order valence-electron chi connectivity index (χ1n) is 5.13. The number of carbonyl (C=O) groups excluding carboxylic acids is 1. The van der Waals surface area contributed by atoms with Gasteiger partial charge in [0, 0.05) is 11.6 Å². The molecule has 0 heterocycles. The van der Waals surface area contributed by atoms with Gasteiger partial charge < -0.3 is 0 Å². The van der Waals surface area contributed by atoms with E-state index in [-0.39, 0.29) is 11.3 Å². The van der Waals surface area contributed by atoms with Crippen molar-refractivity contribution in [3.63, 3.8) is 0 Å². The lowest BCUT2D eigenvalue weighted by Gasteiger charge is -2.04. The Labute approximate surface area is 108 Å². The van der Waals surface area contributed by atoms with Gasteiger partial charge in [0.2, 0.25) is 0 Å². The zero-order valence-electron chi connectivity index (χ0n) is 9.17. The SMILES string of the molecule is O=C(Cl)c1ccc(-c2ccccc2)c([N+](=O)[O-])c1. The van der Waals surface area contributed by atoms with Gasteiger partial charge in [-0.3, -0.25) is 14.9 Å². The lowest BCUT2D eigenvalue weighted by molar-refractivity contribution is -0.384. The van der Waals surface area contributed by atoms with E-state index in [9.17, 15) is 14.9 Å². The summed E-state index contributed by atoms with van der Waals surface area (Å²) in [5, 5.41) is 10.3. The maximum atomic E-state index is 11.0. The highest BCUT2D eigenvalue weighted by molar-refractivity contribution is 6.67. The van der Waals surface area contributed by atoms with Gasteiger partial charge in [-0.25, -0.2) is 0 Å². The van der Waals surface area contributed by atoms with Crippen LogP contribution in [0.15, 0.2) is 48.5 Å². The molecule has 2 aromatic rings. The van der Waals surface area contributed by atoms with Crippen LogP contribution < -0.4 is 0 Å². The van der Waals surface area contributed by atoms with Crippen molar-refractivity contribution < 1.29 is 9.72 Å². The summed E-state index contributed by atoms with van der Waals surface area (Å²) >= 11 is 5.32. The van der Waals surface area contributed by atoms with Crippen LogP contribution in [-0.4, -0.2) is 10.2 Å². The average Bonchev–Trinajstić information content (AvgIpc) is 2.39. The number of nitro benzene ring substituents is 1. The van der Waals surface area contributed by atoms with Crippen LogP contribution in [0.5, 0.6) is 0 Å². The Morgan fingerprint density at radius 3 is 2.33 bits per heavy atom. The number of hydrogen-bond acceptors (Lipinski definition) is 3. The Morgan fingerprint density at radius 2 is 1.78 bits per heavy atom.